The van der Waals surface area contributed by atoms with E-state index in [4.69, 9.17) is 16.3 Å². The molecular weight excluding hydrogens is 314 g/mol. The number of hydrogen-bond donors (Lipinski definition) is 0. The lowest BCUT2D eigenvalue weighted by Gasteiger charge is -2.32. The van der Waals surface area contributed by atoms with E-state index < -0.39 is 0 Å². The van der Waals surface area contributed by atoms with Crippen molar-refractivity contribution in [3.63, 3.8) is 0 Å². The Bertz CT molecular complexity index is 825. The number of carbonyl (C=O) groups excluding carboxylic acids is 2. The van der Waals surface area contributed by atoms with Crippen LogP contribution in [0.2, 0.25) is 5.02 Å². The molecule has 4 nitrogen and oxygen atoms in total. The predicted molar refractivity (Wildman–Crippen MR) is 87.8 cm³/mol. The highest BCUT2D eigenvalue weighted by atomic mass is 35.5. The first kappa shape index (κ1) is 14.4. The van der Waals surface area contributed by atoms with Crippen LogP contribution in [-0.2, 0) is 4.74 Å². The van der Waals surface area contributed by atoms with E-state index in [1.54, 1.807) is 24.3 Å². The number of hydrogen-bond acceptors (Lipinski definition) is 4. The van der Waals surface area contributed by atoms with E-state index in [0.29, 0.717) is 53.6 Å². The Kier molecular flexibility index (Phi) is 3.43. The fourth-order valence-corrected chi connectivity index (χ4v) is 3.51. The number of fused-ring (bicyclic) bond motifs is 2. The molecule has 0 amide bonds. The molecule has 0 spiro atoms. The van der Waals surface area contributed by atoms with Crippen molar-refractivity contribution in [2.45, 2.75) is 0 Å². The maximum atomic E-state index is 13.0. The number of anilines is 1. The molecular formula is C18H14ClNO3. The third-order valence-corrected chi connectivity index (χ3v) is 4.67. The standard InChI is InChI=1S/C18H14ClNO3/c19-13-5-1-3-11-15(13)17(21)12-4-2-6-14(16(12)18(11)22)20-7-9-23-10-8-20/h1-6H,7-10H2. The van der Waals surface area contributed by atoms with Crippen LogP contribution in [0.25, 0.3) is 0 Å². The summed E-state index contributed by atoms with van der Waals surface area (Å²) >= 11 is 6.16. The third kappa shape index (κ3) is 2.18. The summed E-state index contributed by atoms with van der Waals surface area (Å²) in [6.07, 6.45) is 0. The zero-order valence-corrected chi connectivity index (χ0v) is 13.1. The van der Waals surface area contributed by atoms with Gasteiger partial charge in [0.1, 0.15) is 0 Å². The van der Waals surface area contributed by atoms with Gasteiger partial charge in [-0.3, -0.25) is 9.59 Å². The molecule has 23 heavy (non-hydrogen) atoms. The SMILES string of the molecule is O=C1c2cccc(N3CCOCC3)c2C(=O)c2cccc(Cl)c21. The van der Waals surface area contributed by atoms with Crippen LogP contribution in [0, 0.1) is 0 Å². The molecule has 0 N–H and O–H groups in total. The van der Waals surface area contributed by atoms with E-state index in [1.165, 1.54) is 0 Å². The molecule has 1 heterocycles. The Morgan fingerprint density at radius 3 is 2.22 bits per heavy atom. The van der Waals surface area contributed by atoms with Crippen molar-refractivity contribution in [2.24, 2.45) is 0 Å². The lowest BCUT2D eigenvalue weighted by Crippen LogP contribution is -2.38. The number of ketones is 2. The number of benzene rings is 2. The van der Waals surface area contributed by atoms with Gasteiger partial charge in [-0.25, -0.2) is 0 Å². The Morgan fingerprint density at radius 2 is 1.48 bits per heavy atom. The smallest absolute Gasteiger partial charge is 0.196 e. The summed E-state index contributed by atoms with van der Waals surface area (Å²) in [4.78, 5) is 27.9. The highest BCUT2D eigenvalue weighted by Gasteiger charge is 2.34. The zero-order chi connectivity index (χ0) is 16.0. The van der Waals surface area contributed by atoms with Crippen molar-refractivity contribution < 1.29 is 14.3 Å². The molecule has 1 aliphatic heterocycles. The second-order valence-electron chi connectivity index (χ2n) is 5.62. The van der Waals surface area contributed by atoms with Crippen LogP contribution in [0.15, 0.2) is 36.4 Å². The summed E-state index contributed by atoms with van der Waals surface area (Å²) in [5.41, 5.74) is 2.41. The maximum Gasteiger partial charge on any atom is 0.196 e. The molecule has 2 aromatic carbocycles. The van der Waals surface area contributed by atoms with E-state index in [9.17, 15) is 9.59 Å². The fourth-order valence-electron chi connectivity index (χ4n) is 3.25. The summed E-state index contributed by atoms with van der Waals surface area (Å²) in [7, 11) is 0. The number of morpholine rings is 1. The van der Waals surface area contributed by atoms with E-state index >= 15 is 0 Å². The van der Waals surface area contributed by atoms with E-state index in [2.05, 4.69) is 4.90 Å². The van der Waals surface area contributed by atoms with Crippen LogP contribution in [0.5, 0.6) is 0 Å². The fraction of sp³-hybridized carbons (Fsp3) is 0.222. The summed E-state index contributed by atoms with van der Waals surface area (Å²) in [5.74, 6) is -0.325. The molecule has 0 unspecified atom stereocenters. The monoisotopic (exact) mass is 327 g/mol. The normalized spacial score (nSPS) is 17.0. The van der Waals surface area contributed by atoms with Crippen molar-refractivity contribution in [2.75, 3.05) is 31.2 Å². The molecule has 5 heteroatoms. The molecule has 0 aromatic heterocycles. The van der Waals surface area contributed by atoms with Gasteiger partial charge in [-0.05, 0) is 12.1 Å². The van der Waals surface area contributed by atoms with Gasteiger partial charge in [0.15, 0.2) is 11.6 Å². The minimum absolute atomic E-state index is 0.140. The molecule has 2 aliphatic rings. The van der Waals surface area contributed by atoms with Crippen molar-refractivity contribution in [3.05, 3.63) is 63.7 Å². The lowest BCUT2D eigenvalue weighted by atomic mass is 9.83. The second-order valence-corrected chi connectivity index (χ2v) is 6.03. The van der Waals surface area contributed by atoms with E-state index in [0.717, 1.165) is 5.69 Å². The Morgan fingerprint density at radius 1 is 0.870 bits per heavy atom. The van der Waals surface area contributed by atoms with Gasteiger partial charge >= 0.3 is 0 Å². The molecule has 116 valence electrons. The Labute approximate surface area is 138 Å². The second kappa shape index (κ2) is 5.48. The van der Waals surface area contributed by atoms with Crippen LogP contribution < -0.4 is 4.90 Å². The van der Waals surface area contributed by atoms with Gasteiger partial charge in [-0.1, -0.05) is 35.9 Å². The molecule has 0 radical (unpaired) electrons. The minimum Gasteiger partial charge on any atom is -0.378 e. The van der Waals surface area contributed by atoms with Crippen LogP contribution >= 0.6 is 11.6 Å². The first-order chi connectivity index (χ1) is 11.2. The molecule has 1 fully saturated rings. The van der Waals surface area contributed by atoms with E-state index in [1.807, 2.05) is 12.1 Å². The summed E-state index contributed by atoms with van der Waals surface area (Å²) in [5, 5.41) is 0.322. The number of rotatable bonds is 1. The topological polar surface area (TPSA) is 46.6 Å². The molecule has 2 aromatic rings. The summed E-state index contributed by atoms with van der Waals surface area (Å²) in [6.45, 7) is 2.66. The van der Waals surface area contributed by atoms with Gasteiger partial charge in [0.2, 0.25) is 0 Å². The van der Waals surface area contributed by atoms with Crippen LogP contribution in [-0.4, -0.2) is 37.9 Å². The van der Waals surface area contributed by atoms with Crippen molar-refractivity contribution in [1.29, 1.82) is 0 Å². The predicted octanol–water partition coefficient (Wildman–Crippen LogP) is 2.95. The first-order valence-corrected chi connectivity index (χ1v) is 7.90. The van der Waals surface area contributed by atoms with Crippen LogP contribution in [0.4, 0.5) is 5.69 Å². The first-order valence-electron chi connectivity index (χ1n) is 7.52. The average molecular weight is 328 g/mol. The van der Waals surface area contributed by atoms with Gasteiger partial charge < -0.3 is 9.64 Å². The molecule has 0 bridgehead atoms. The number of ether oxygens (including phenoxy) is 1. The summed E-state index contributed by atoms with van der Waals surface area (Å²) < 4.78 is 5.37. The number of carbonyl (C=O) groups is 2. The number of nitrogens with zero attached hydrogens (tertiary/aromatic N) is 1. The zero-order valence-electron chi connectivity index (χ0n) is 12.3. The minimum atomic E-state index is -0.185. The van der Waals surface area contributed by atoms with Gasteiger partial charge in [-0.15, -0.1) is 0 Å². The summed E-state index contributed by atoms with van der Waals surface area (Å²) in [6, 6.07) is 10.4. The average Bonchev–Trinajstić information content (AvgIpc) is 2.59. The van der Waals surface area contributed by atoms with Crippen LogP contribution in [0.3, 0.4) is 0 Å². The Hall–Kier alpha value is -2.17. The van der Waals surface area contributed by atoms with Gasteiger partial charge in [-0.2, -0.15) is 0 Å². The molecule has 1 saturated heterocycles. The third-order valence-electron chi connectivity index (χ3n) is 4.35. The lowest BCUT2D eigenvalue weighted by molar-refractivity contribution is 0.0978. The molecule has 0 saturated carbocycles. The quantitative estimate of drug-likeness (QED) is 0.689. The Balaban J connectivity index is 1.91. The largest absolute Gasteiger partial charge is 0.378 e. The van der Waals surface area contributed by atoms with Crippen molar-refractivity contribution in [3.8, 4) is 0 Å². The maximum absolute atomic E-state index is 13.0. The molecule has 0 atom stereocenters. The molecule has 1 aliphatic carbocycles. The van der Waals surface area contributed by atoms with Gasteiger partial charge in [0.25, 0.3) is 0 Å². The van der Waals surface area contributed by atoms with Gasteiger partial charge in [0, 0.05) is 29.9 Å². The number of halogens is 1. The van der Waals surface area contributed by atoms with Gasteiger partial charge in [0.05, 0.1) is 29.4 Å². The van der Waals surface area contributed by atoms with Crippen LogP contribution in [0.1, 0.15) is 31.8 Å². The highest BCUT2D eigenvalue weighted by Crippen LogP contribution is 2.36. The van der Waals surface area contributed by atoms with Crippen molar-refractivity contribution >= 4 is 28.9 Å². The van der Waals surface area contributed by atoms with E-state index in [-0.39, 0.29) is 11.6 Å². The highest BCUT2D eigenvalue weighted by molar-refractivity contribution is 6.39. The molecule has 4 rings (SSSR count). The van der Waals surface area contributed by atoms with Crippen molar-refractivity contribution in [1.82, 2.24) is 0 Å².